The van der Waals surface area contributed by atoms with Gasteiger partial charge in [-0.3, -0.25) is 0 Å². The zero-order valence-electron chi connectivity index (χ0n) is 11.2. The average Bonchev–Trinajstić information content (AvgIpc) is 2.99. The van der Waals surface area contributed by atoms with Crippen molar-refractivity contribution in [2.24, 2.45) is 0 Å². The Morgan fingerprint density at radius 3 is 2.65 bits per heavy atom. The number of hydrogen-bond acceptors (Lipinski definition) is 5. The van der Waals surface area contributed by atoms with Crippen LogP contribution in [-0.4, -0.2) is 15.1 Å². The summed E-state index contributed by atoms with van der Waals surface area (Å²) in [6.07, 6.45) is -0.964. The molecule has 0 aliphatic heterocycles. The van der Waals surface area contributed by atoms with Crippen LogP contribution < -0.4 is 4.74 Å². The van der Waals surface area contributed by atoms with Crippen molar-refractivity contribution in [2.45, 2.75) is 6.43 Å². The van der Waals surface area contributed by atoms with Crippen LogP contribution in [0.5, 0.6) is 11.6 Å². The number of nitrogens with zero attached hydrogens (tertiary/aromatic N) is 3. The van der Waals surface area contributed by atoms with Gasteiger partial charge in [0.25, 0.3) is 12.3 Å². The number of ether oxygens (including phenoxy) is 1. The molecule has 0 bridgehead atoms. The Hall–Kier alpha value is -2.97. The Morgan fingerprint density at radius 1 is 1.13 bits per heavy atom. The molecule has 9 heteroatoms. The zero-order valence-corrected chi connectivity index (χ0v) is 11.2. The van der Waals surface area contributed by atoms with Crippen LogP contribution in [0.25, 0.3) is 11.3 Å². The van der Waals surface area contributed by atoms with Gasteiger partial charge in [-0.2, -0.15) is 9.37 Å². The lowest BCUT2D eigenvalue weighted by Crippen LogP contribution is -1.96. The summed E-state index contributed by atoms with van der Waals surface area (Å²) in [4.78, 5) is 7.03. The lowest BCUT2D eigenvalue weighted by molar-refractivity contribution is 0.140. The van der Waals surface area contributed by atoms with E-state index in [1.54, 1.807) is 0 Å². The fourth-order valence-electron chi connectivity index (χ4n) is 1.82. The minimum Gasteiger partial charge on any atom is -0.435 e. The molecule has 0 N–H and O–H groups in total. The molecular formula is C14H7F4N3O2. The standard InChI is InChI=1S/C14H7F4N3O2/c15-7-2-1-3-10(22-14-8(16)5-19-6-20-14)12(7)11-4-9(13(17)18)21-23-11/h1-6,13H. The van der Waals surface area contributed by atoms with Crippen LogP contribution in [0, 0.1) is 11.6 Å². The van der Waals surface area contributed by atoms with Gasteiger partial charge in [0, 0.05) is 6.07 Å². The summed E-state index contributed by atoms with van der Waals surface area (Å²) >= 11 is 0. The maximum absolute atomic E-state index is 14.1. The maximum atomic E-state index is 14.1. The van der Waals surface area contributed by atoms with Crippen molar-refractivity contribution in [3.63, 3.8) is 0 Å². The molecule has 0 radical (unpaired) electrons. The van der Waals surface area contributed by atoms with E-state index in [1.165, 1.54) is 12.1 Å². The highest BCUT2D eigenvalue weighted by Crippen LogP contribution is 2.36. The monoisotopic (exact) mass is 325 g/mol. The summed E-state index contributed by atoms with van der Waals surface area (Å²) < 4.78 is 62.7. The molecular weight excluding hydrogens is 318 g/mol. The van der Waals surface area contributed by atoms with Crippen LogP contribution >= 0.6 is 0 Å². The Balaban J connectivity index is 2.05. The predicted octanol–water partition coefficient (Wildman–Crippen LogP) is 4.14. The van der Waals surface area contributed by atoms with Gasteiger partial charge in [-0.05, 0) is 12.1 Å². The third kappa shape index (κ3) is 2.98. The summed E-state index contributed by atoms with van der Waals surface area (Å²) in [6.45, 7) is 0. The van der Waals surface area contributed by atoms with Crippen LogP contribution in [0.4, 0.5) is 17.6 Å². The maximum Gasteiger partial charge on any atom is 0.283 e. The first-order valence-corrected chi connectivity index (χ1v) is 6.23. The molecule has 3 rings (SSSR count). The average molecular weight is 325 g/mol. The lowest BCUT2D eigenvalue weighted by Gasteiger charge is -2.09. The van der Waals surface area contributed by atoms with E-state index in [-0.39, 0.29) is 17.1 Å². The number of hydrogen-bond donors (Lipinski definition) is 0. The summed E-state index contributed by atoms with van der Waals surface area (Å²) in [5.74, 6) is -2.56. The van der Waals surface area contributed by atoms with Gasteiger partial charge in [0.05, 0.1) is 11.8 Å². The first-order chi connectivity index (χ1) is 11.1. The molecule has 118 valence electrons. The second-order valence-electron chi connectivity index (χ2n) is 4.31. The van der Waals surface area contributed by atoms with Gasteiger partial charge in [-0.25, -0.2) is 18.2 Å². The summed E-state index contributed by atoms with van der Waals surface area (Å²) in [5, 5.41) is 3.15. The number of alkyl halides is 2. The molecule has 0 saturated carbocycles. The van der Waals surface area contributed by atoms with Gasteiger partial charge in [0.1, 0.15) is 23.6 Å². The van der Waals surface area contributed by atoms with Gasteiger partial charge in [-0.1, -0.05) is 11.2 Å². The van der Waals surface area contributed by atoms with E-state index in [2.05, 4.69) is 15.1 Å². The second-order valence-corrected chi connectivity index (χ2v) is 4.31. The fraction of sp³-hybridized carbons (Fsp3) is 0.0714. The van der Waals surface area contributed by atoms with E-state index in [0.29, 0.717) is 0 Å². The number of aromatic nitrogens is 3. The molecule has 0 saturated heterocycles. The van der Waals surface area contributed by atoms with Gasteiger partial charge >= 0.3 is 0 Å². The highest BCUT2D eigenvalue weighted by molar-refractivity contribution is 5.67. The van der Waals surface area contributed by atoms with E-state index < -0.39 is 29.6 Å². The van der Waals surface area contributed by atoms with Crippen molar-refractivity contribution in [1.29, 1.82) is 0 Å². The molecule has 0 aliphatic rings. The Bertz CT molecular complexity index is 838. The first-order valence-electron chi connectivity index (χ1n) is 6.23. The summed E-state index contributed by atoms with van der Waals surface area (Å²) in [6, 6.07) is 4.57. The molecule has 2 heterocycles. The van der Waals surface area contributed by atoms with E-state index in [4.69, 9.17) is 9.26 Å². The number of rotatable bonds is 4. The van der Waals surface area contributed by atoms with Crippen LogP contribution in [0.15, 0.2) is 41.3 Å². The van der Waals surface area contributed by atoms with Crippen molar-refractivity contribution in [3.05, 3.63) is 54.1 Å². The van der Waals surface area contributed by atoms with Crippen molar-refractivity contribution in [3.8, 4) is 23.0 Å². The highest BCUT2D eigenvalue weighted by Gasteiger charge is 2.21. The molecule has 0 fully saturated rings. The van der Waals surface area contributed by atoms with E-state index in [1.807, 2.05) is 0 Å². The quantitative estimate of drug-likeness (QED) is 0.675. The van der Waals surface area contributed by atoms with Crippen LogP contribution in [0.2, 0.25) is 0 Å². The minimum atomic E-state index is -2.87. The molecule has 0 spiro atoms. The molecule has 5 nitrogen and oxygen atoms in total. The van der Waals surface area contributed by atoms with Crippen molar-refractivity contribution in [2.75, 3.05) is 0 Å². The smallest absolute Gasteiger partial charge is 0.283 e. The highest BCUT2D eigenvalue weighted by atomic mass is 19.3. The van der Waals surface area contributed by atoms with Gasteiger partial charge in [0.2, 0.25) is 5.82 Å². The van der Waals surface area contributed by atoms with Gasteiger partial charge in [0.15, 0.2) is 5.76 Å². The molecule has 1 aromatic carbocycles. The largest absolute Gasteiger partial charge is 0.435 e. The summed E-state index contributed by atoms with van der Waals surface area (Å²) in [7, 11) is 0. The van der Waals surface area contributed by atoms with E-state index in [0.717, 1.165) is 24.7 Å². The number of benzene rings is 1. The predicted molar refractivity (Wildman–Crippen MR) is 68.9 cm³/mol. The molecule has 0 aliphatic carbocycles. The molecule has 0 amide bonds. The van der Waals surface area contributed by atoms with Crippen molar-refractivity contribution >= 4 is 0 Å². The van der Waals surface area contributed by atoms with E-state index >= 15 is 0 Å². The molecule has 0 atom stereocenters. The van der Waals surface area contributed by atoms with Gasteiger partial charge < -0.3 is 9.26 Å². The zero-order chi connectivity index (χ0) is 16.4. The first kappa shape index (κ1) is 14.9. The molecule has 3 aromatic rings. The topological polar surface area (TPSA) is 61.0 Å². The third-order valence-electron chi connectivity index (χ3n) is 2.81. The molecule has 2 aromatic heterocycles. The van der Waals surface area contributed by atoms with Crippen LogP contribution in [-0.2, 0) is 0 Å². The molecule has 0 unspecified atom stereocenters. The second kappa shape index (κ2) is 6.03. The Labute approximate surface area is 126 Å². The van der Waals surface area contributed by atoms with Crippen LogP contribution in [0.1, 0.15) is 12.1 Å². The lowest BCUT2D eigenvalue weighted by atomic mass is 10.1. The SMILES string of the molecule is Fc1cncnc1Oc1cccc(F)c1-c1cc(C(F)F)no1. The van der Waals surface area contributed by atoms with Gasteiger partial charge in [-0.15, -0.1) is 0 Å². The number of halogens is 4. The normalized spacial score (nSPS) is 11.0. The van der Waals surface area contributed by atoms with Crippen molar-refractivity contribution < 1.29 is 26.8 Å². The van der Waals surface area contributed by atoms with Crippen LogP contribution in [0.3, 0.4) is 0 Å². The molecule has 23 heavy (non-hydrogen) atoms. The minimum absolute atomic E-state index is 0.167. The fourth-order valence-corrected chi connectivity index (χ4v) is 1.82. The Morgan fingerprint density at radius 2 is 1.96 bits per heavy atom. The van der Waals surface area contributed by atoms with E-state index in [9.17, 15) is 17.6 Å². The Kier molecular flexibility index (Phi) is 3.92. The summed E-state index contributed by atoms with van der Waals surface area (Å²) in [5.41, 5.74) is -0.924. The van der Waals surface area contributed by atoms with Crippen molar-refractivity contribution in [1.82, 2.24) is 15.1 Å². The third-order valence-corrected chi connectivity index (χ3v) is 2.81.